The smallest absolute Gasteiger partial charge is 0.269 e. The van der Waals surface area contributed by atoms with Gasteiger partial charge in [0.25, 0.3) is 17.7 Å². The van der Waals surface area contributed by atoms with Crippen molar-refractivity contribution in [2.45, 2.75) is 10.6 Å². The molecule has 0 spiro atoms. The monoisotopic (exact) mass is 459 g/mol. The Labute approximate surface area is 187 Å². The summed E-state index contributed by atoms with van der Waals surface area (Å²) in [5, 5.41) is 4.96. The van der Waals surface area contributed by atoms with Gasteiger partial charge in [-0.2, -0.15) is 0 Å². The topological polar surface area (TPSA) is 87.3 Å². The third-order valence-electron chi connectivity index (χ3n) is 3.91. The van der Waals surface area contributed by atoms with Crippen molar-refractivity contribution in [1.29, 1.82) is 0 Å². The number of carbonyl (C=O) groups is 3. The van der Waals surface area contributed by atoms with Crippen LogP contribution in [0.4, 0.5) is 0 Å². The second kappa shape index (κ2) is 10.8. The third kappa shape index (κ3) is 6.62. The molecule has 9 heteroatoms. The number of halogens is 1. The number of thiophene rings is 1. The summed E-state index contributed by atoms with van der Waals surface area (Å²) in [5.74, 6) is -0.544. The first-order valence-corrected chi connectivity index (χ1v) is 11.1. The van der Waals surface area contributed by atoms with E-state index in [4.69, 9.17) is 11.6 Å². The van der Waals surface area contributed by atoms with E-state index in [0.717, 1.165) is 16.2 Å². The van der Waals surface area contributed by atoms with Gasteiger partial charge in [0.15, 0.2) is 0 Å². The zero-order chi connectivity index (χ0) is 21.3. The number of amides is 3. The standard InChI is InChI=1S/C21H18ClN3O3S2/c22-16-7-9-17(10-8-16)30-13-14-3-5-15(6-4-14)20(27)25-24-19(26)12-23-21(28)18-2-1-11-29-18/h1-11H,12-13H2,(H,23,28)(H,24,26)(H,25,27). The van der Waals surface area contributed by atoms with E-state index >= 15 is 0 Å². The molecule has 0 saturated heterocycles. The molecule has 0 atom stereocenters. The zero-order valence-electron chi connectivity index (χ0n) is 15.7. The average Bonchev–Trinajstić information content (AvgIpc) is 3.31. The van der Waals surface area contributed by atoms with Crippen LogP contribution in [0, 0.1) is 0 Å². The van der Waals surface area contributed by atoms with Crippen molar-refractivity contribution in [3.8, 4) is 0 Å². The third-order valence-corrected chi connectivity index (χ3v) is 6.11. The van der Waals surface area contributed by atoms with Gasteiger partial charge in [0.1, 0.15) is 0 Å². The Balaban J connectivity index is 1.41. The molecule has 3 aromatic rings. The van der Waals surface area contributed by atoms with E-state index in [-0.39, 0.29) is 12.5 Å². The predicted molar refractivity (Wildman–Crippen MR) is 120 cm³/mol. The molecule has 2 aromatic carbocycles. The fourth-order valence-electron chi connectivity index (χ4n) is 2.35. The lowest BCUT2D eigenvalue weighted by Gasteiger charge is -2.09. The summed E-state index contributed by atoms with van der Waals surface area (Å²) < 4.78 is 0. The molecule has 3 amide bonds. The summed E-state index contributed by atoms with van der Waals surface area (Å²) in [5.41, 5.74) is 6.09. The van der Waals surface area contributed by atoms with Gasteiger partial charge in [-0.05, 0) is 53.4 Å². The first-order valence-electron chi connectivity index (χ1n) is 8.89. The van der Waals surface area contributed by atoms with Gasteiger partial charge >= 0.3 is 0 Å². The fourth-order valence-corrected chi connectivity index (χ4v) is 3.97. The molecule has 1 heterocycles. The Bertz CT molecular complexity index is 1010. The van der Waals surface area contributed by atoms with Crippen LogP contribution in [-0.4, -0.2) is 24.3 Å². The summed E-state index contributed by atoms with van der Waals surface area (Å²) in [6, 6.07) is 18.1. The summed E-state index contributed by atoms with van der Waals surface area (Å²) in [4.78, 5) is 37.4. The highest BCUT2D eigenvalue weighted by atomic mass is 35.5. The van der Waals surface area contributed by atoms with Crippen LogP contribution in [0.15, 0.2) is 70.9 Å². The Morgan fingerprint density at radius 1 is 0.900 bits per heavy atom. The van der Waals surface area contributed by atoms with Crippen LogP contribution in [0.3, 0.4) is 0 Å². The molecule has 0 aliphatic rings. The minimum absolute atomic E-state index is 0.238. The van der Waals surface area contributed by atoms with E-state index in [1.54, 1.807) is 41.4 Å². The minimum atomic E-state index is -0.524. The van der Waals surface area contributed by atoms with Gasteiger partial charge in [-0.1, -0.05) is 29.8 Å². The Hall–Kier alpha value is -2.81. The molecule has 3 rings (SSSR count). The van der Waals surface area contributed by atoms with Crippen LogP contribution in [0.1, 0.15) is 25.6 Å². The zero-order valence-corrected chi connectivity index (χ0v) is 18.1. The quantitative estimate of drug-likeness (QED) is 0.369. The van der Waals surface area contributed by atoms with Crippen molar-refractivity contribution in [3.63, 3.8) is 0 Å². The van der Waals surface area contributed by atoms with Gasteiger partial charge in [-0.25, -0.2) is 0 Å². The minimum Gasteiger partial charge on any atom is -0.342 e. The van der Waals surface area contributed by atoms with E-state index in [2.05, 4.69) is 16.2 Å². The number of rotatable bonds is 7. The van der Waals surface area contributed by atoms with E-state index in [1.165, 1.54) is 11.3 Å². The Kier molecular flexibility index (Phi) is 7.89. The normalized spacial score (nSPS) is 10.3. The molecule has 3 N–H and O–H groups in total. The van der Waals surface area contributed by atoms with Gasteiger partial charge in [0.05, 0.1) is 11.4 Å². The van der Waals surface area contributed by atoms with Crippen LogP contribution >= 0.6 is 34.7 Å². The van der Waals surface area contributed by atoms with Crippen LogP contribution in [0.5, 0.6) is 0 Å². The van der Waals surface area contributed by atoms with Crippen molar-refractivity contribution in [3.05, 3.63) is 87.1 Å². The second-order valence-corrected chi connectivity index (χ2v) is 8.53. The predicted octanol–water partition coefficient (Wildman–Crippen LogP) is 3.88. The average molecular weight is 460 g/mol. The lowest BCUT2D eigenvalue weighted by Crippen LogP contribution is -2.46. The van der Waals surface area contributed by atoms with E-state index in [1.807, 2.05) is 36.4 Å². The van der Waals surface area contributed by atoms with Crippen molar-refractivity contribution >= 4 is 52.4 Å². The van der Waals surface area contributed by atoms with Crippen LogP contribution in [0.25, 0.3) is 0 Å². The summed E-state index contributed by atoms with van der Waals surface area (Å²) >= 11 is 8.83. The molecule has 0 unspecified atom stereocenters. The van der Waals surface area contributed by atoms with Crippen LogP contribution in [-0.2, 0) is 10.5 Å². The number of hydrogen-bond donors (Lipinski definition) is 3. The maximum Gasteiger partial charge on any atom is 0.269 e. The van der Waals surface area contributed by atoms with Crippen LogP contribution in [0.2, 0.25) is 5.02 Å². The van der Waals surface area contributed by atoms with Crippen LogP contribution < -0.4 is 16.2 Å². The number of benzene rings is 2. The Morgan fingerprint density at radius 3 is 2.30 bits per heavy atom. The number of hydrazine groups is 1. The largest absolute Gasteiger partial charge is 0.342 e. The molecule has 1 aromatic heterocycles. The highest BCUT2D eigenvalue weighted by molar-refractivity contribution is 7.98. The number of hydrogen-bond acceptors (Lipinski definition) is 5. The van der Waals surface area contributed by atoms with Crippen molar-refractivity contribution < 1.29 is 14.4 Å². The highest BCUT2D eigenvalue weighted by Gasteiger charge is 2.10. The molecule has 0 aliphatic carbocycles. The molecule has 6 nitrogen and oxygen atoms in total. The number of carbonyl (C=O) groups excluding carboxylic acids is 3. The molecule has 0 bridgehead atoms. The van der Waals surface area contributed by atoms with Gasteiger partial charge in [-0.15, -0.1) is 23.1 Å². The molecule has 0 saturated carbocycles. The molecule has 0 fully saturated rings. The van der Waals surface area contributed by atoms with E-state index in [9.17, 15) is 14.4 Å². The van der Waals surface area contributed by atoms with Gasteiger partial charge in [0.2, 0.25) is 0 Å². The van der Waals surface area contributed by atoms with E-state index < -0.39 is 11.8 Å². The Morgan fingerprint density at radius 2 is 1.63 bits per heavy atom. The number of thioether (sulfide) groups is 1. The first-order chi connectivity index (χ1) is 14.5. The fraction of sp³-hybridized carbons (Fsp3) is 0.0952. The van der Waals surface area contributed by atoms with Gasteiger partial charge < -0.3 is 5.32 Å². The lowest BCUT2D eigenvalue weighted by atomic mass is 10.1. The lowest BCUT2D eigenvalue weighted by molar-refractivity contribution is -0.120. The van der Waals surface area contributed by atoms with Crippen molar-refractivity contribution in [1.82, 2.24) is 16.2 Å². The first kappa shape index (κ1) is 21.9. The highest BCUT2D eigenvalue weighted by Crippen LogP contribution is 2.24. The SMILES string of the molecule is O=C(CNC(=O)c1cccs1)NNC(=O)c1ccc(CSc2ccc(Cl)cc2)cc1. The second-order valence-electron chi connectivity index (χ2n) is 6.10. The molecular formula is C21H18ClN3O3S2. The summed E-state index contributed by atoms with van der Waals surface area (Å²) in [6.07, 6.45) is 0. The molecular weight excluding hydrogens is 442 g/mol. The van der Waals surface area contributed by atoms with Gasteiger partial charge in [-0.3, -0.25) is 25.2 Å². The maximum atomic E-state index is 12.2. The van der Waals surface area contributed by atoms with Crippen molar-refractivity contribution in [2.75, 3.05) is 6.54 Å². The summed E-state index contributed by atoms with van der Waals surface area (Å²) in [7, 11) is 0. The molecule has 30 heavy (non-hydrogen) atoms. The van der Waals surface area contributed by atoms with E-state index in [0.29, 0.717) is 15.5 Å². The molecule has 154 valence electrons. The molecule has 0 radical (unpaired) electrons. The maximum absolute atomic E-state index is 12.2. The summed E-state index contributed by atoms with van der Waals surface area (Å²) in [6.45, 7) is -0.238. The van der Waals surface area contributed by atoms with Crippen molar-refractivity contribution in [2.24, 2.45) is 0 Å². The molecule has 0 aliphatic heterocycles. The van der Waals surface area contributed by atoms with Gasteiger partial charge in [0, 0.05) is 21.2 Å². The number of nitrogens with one attached hydrogen (secondary N) is 3.